The van der Waals surface area contributed by atoms with Crippen molar-refractivity contribution in [2.45, 2.75) is 18.9 Å². The topological polar surface area (TPSA) is 55.3 Å². The molecule has 1 unspecified atom stereocenters. The molecule has 140 valence electrons. The summed E-state index contributed by atoms with van der Waals surface area (Å²) < 4.78 is 29.6. The summed E-state index contributed by atoms with van der Waals surface area (Å²) in [5.74, 6) is 1.17. The van der Waals surface area contributed by atoms with E-state index in [1.807, 2.05) is 11.9 Å². The minimum Gasteiger partial charge on any atom is -0.492 e. The Labute approximate surface area is 149 Å². The summed E-state index contributed by atoms with van der Waals surface area (Å²) in [6.45, 7) is 3.94. The van der Waals surface area contributed by atoms with Crippen LogP contribution in [0.15, 0.2) is 29.3 Å². The Hall–Kier alpha value is -1.86. The predicted molar refractivity (Wildman–Crippen MR) is 95.7 cm³/mol. The summed E-state index contributed by atoms with van der Waals surface area (Å²) in [4.78, 5) is 6.22. The number of benzene rings is 1. The number of aliphatic imine (C=N–C) groups is 1. The van der Waals surface area contributed by atoms with Crippen LogP contribution < -0.4 is 10.1 Å². The van der Waals surface area contributed by atoms with Crippen molar-refractivity contribution in [3.63, 3.8) is 0 Å². The molecule has 0 aliphatic carbocycles. The Morgan fingerprint density at radius 2 is 2.16 bits per heavy atom. The lowest BCUT2D eigenvalue weighted by Gasteiger charge is -2.22. The summed E-state index contributed by atoms with van der Waals surface area (Å²) in [5.41, 5.74) is 0. The molecule has 1 saturated heterocycles. The van der Waals surface area contributed by atoms with Crippen molar-refractivity contribution >= 4 is 5.96 Å². The van der Waals surface area contributed by atoms with E-state index in [9.17, 15) is 4.39 Å². The summed E-state index contributed by atoms with van der Waals surface area (Å²) >= 11 is 0. The minimum atomic E-state index is -0.268. The van der Waals surface area contributed by atoms with Gasteiger partial charge >= 0.3 is 0 Å². The highest BCUT2D eigenvalue weighted by Crippen LogP contribution is 2.12. The summed E-state index contributed by atoms with van der Waals surface area (Å²) in [6, 6.07) is 6.01. The van der Waals surface area contributed by atoms with E-state index in [2.05, 4.69) is 10.3 Å². The van der Waals surface area contributed by atoms with Gasteiger partial charge in [0, 0.05) is 27.2 Å². The van der Waals surface area contributed by atoms with Crippen molar-refractivity contribution in [2.24, 2.45) is 4.99 Å². The van der Waals surface area contributed by atoms with Gasteiger partial charge in [-0.05, 0) is 37.1 Å². The van der Waals surface area contributed by atoms with Gasteiger partial charge in [-0.25, -0.2) is 4.39 Å². The molecule has 0 bridgehead atoms. The Morgan fingerprint density at radius 1 is 1.36 bits per heavy atom. The highest BCUT2D eigenvalue weighted by molar-refractivity contribution is 5.79. The zero-order chi connectivity index (χ0) is 17.9. The molecule has 0 saturated carbocycles. The molecule has 1 aliphatic rings. The van der Waals surface area contributed by atoms with Gasteiger partial charge < -0.3 is 24.4 Å². The average molecular weight is 353 g/mol. The summed E-state index contributed by atoms with van der Waals surface area (Å²) in [6.07, 6.45) is 2.47. The fourth-order valence-electron chi connectivity index (χ4n) is 2.55. The van der Waals surface area contributed by atoms with E-state index in [-0.39, 0.29) is 11.9 Å². The van der Waals surface area contributed by atoms with Crippen molar-refractivity contribution in [3.05, 3.63) is 30.1 Å². The second kappa shape index (κ2) is 10.9. The maximum Gasteiger partial charge on any atom is 0.193 e. The minimum absolute atomic E-state index is 0.255. The number of likely N-dealkylation sites (N-methyl/N-ethyl adjacent to an activating group) is 1. The summed E-state index contributed by atoms with van der Waals surface area (Å²) in [5, 5.41) is 3.26. The van der Waals surface area contributed by atoms with Gasteiger partial charge in [0.2, 0.25) is 0 Å². The second-order valence-corrected chi connectivity index (χ2v) is 5.91. The van der Waals surface area contributed by atoms with Crippen LogP contribution in [0.3, 0.4) is 0 Å². The molecule has 0 aromatic heterocycles. The van der Waals surface area contributed by atoms with Gasteiger partial charge in [0.15, 0.2) is 5.96 Å². The highest BCUT2D eigenvalue weighted by Gasteiger charge is 2.15. The number of hydrogen-bond acceptors (Lipinski definition) is 4. The molecule has 1 N–H and O–H groups in total. The Morgan fingerprint density at radius 3 is 2.84 bits per heavy atom. The summed E-state index contributed by atoms with van der Waals surface area (Å²) in [7, 11) is 3.68. The molecule has 1 atom stereocenters. The zero-order valence-corrected chi connectivity index (χ0v) is 15.0. The van der Waals surface area contributed by atoms with E-state index < -0.39 is 0 Å². The van der Waals surface area contributed by atoms with Gasteiger partial charge in [-0.3, -0.25) is 4.99 Å². The molecule has 1 aromatic rings. The number of rotatable bonds is 9. The van der Waals surface area contributed by atoms with Crippen LogP contribution in [-0.2, 0) is 9.47 Å². The van der Waals surface area contributed by atoms with Gasteiger partial charge in [-0.15, -0.1) is 0 Å². The zero-order valence-electron chi connectivity index (χ0n) is 15.0. The van der Waals surface area contributed by atoms with Gasteiger partial charge in [0.1, 0.15) is 18.2 Å². The molecular weight excluding hydrogens is 325 g/mol. The first-order valence-corrected chi connectivity index (χ1v) is 8.68. The van der Waals surface area contributed by atoms with Crippen molar-refractivity contribution in [1.29, 1.82) is 0 Å². The van der Waals surface area contributed by atoms with Crippen molar-refractivity contribution in [3.8, 4) is 5.75 Å². The number of guanidine groups is 1. The monoisotopic (exact) mass is 353 g/mol. The largest absolute Gasteiger partial charge is 0.492 e. The third-order valence-corrected chi connectivity index (χ3v) is 3.94. The van der Waals surface area contributed by atoms with Crippen LogP contribution in [0.1, 0.15) is 12.8 Å². The number of halogens is 1. The van der Waals surface area contributed by atoms with Gasteiger partial charge in [0.05, 0.1) is 25.9 Å². The SMILES string of the molecule is CN=C(NCCOCC1CCCO1)N(C)CCOc1ccc(F)cc1. The van der Waals surface area contributed by atoms with E-state index >= 15 is 0 Å². The van der Waals surface area contributed by atoms with E-state index in [0.29, 0.717) is 38.7 Å². The number of ether oxygens (including phenoxy) is 3. The predicted octanol–water partition coefficient (Wildman–Crippen LogP) is 1.91. The van der Waals surface area contributed by atoms with E-state index in [1.165, 1.54) is 12.1 Å². The second-order valence-electron chi connectivity index (χ2n) is 5.91. The number of nitrogens with one attached hydrogen (secondary N) is 1. The average Bonchev–Trinajstić information content (AvgIpc) is 3.13. The number of hydrogen-bond donors (Lipinski definition) is 1. The van der Waals surface area contributed by atoms with Crippen molar-refractivity contribution < 1.29 is 18.6 Å². The quantitative estimate of drug-likeness (QED) is 0.418. The highest BCUT2D eigenvalue weighted by atomic mass is 19.1. The lowest BCUT2D eigenvalue weighted by Crippen LogP contribution is -2.42. The molecule has 25 heavy (non-hydrogen) atoms. The molecule has 1 fully saturated rings. The number of nitrogens with zero attached hydrogens (tertiary/aromatic N) is 2. The standard InChI is InChI=1S/C18H28FN3O3/c1-20-18(21-9-12-23-14-17-4-3-11-24-17)22(2)10-13-25-16-7-5-15(19)6-8-16/h5-8,17H,3-4,9-14H2,1-2H3,(H,20,21). The van der Waals surface area contributed by atoms with E-state index in [4.69, 9.17) is 14.2 Å². The van der Waals surface area contributed by atoms with E-state index in [1.54, 1.807) is 19.2 Å². The van der Waals surface area contributed by atoms with Gasteiger partial charge in [-0.2, -0.15) is 0 Å². The first kappa shape index (κ1) is 19.5. The third-order valence-electron chi connectivity index (χ3n) is 3.94. The normalized spacial score (nSPS) is 17.6. The molecule has 7 heteroatoms. The first-order chi connectivity index (χ1) is 12.2. The lowest BCUT2D eigenvalue weighted by molar-refractivity contribution is 0.0190. The van der Waals surface area contributed by atoms with E-state index in [0.717, 1.165) is 25.4 Å². The molecule has 2 rings (SSSR count). The molecule has 1 aliphatic heterocycles. The Bertz CT molecular complexity index is 519. The maximum absolute atomic E-state index is 12.8. The van der Waals surface area contributed by atoms with Crippen LogP contribution in [0.25, 0.3) is 0 Å². The third kappa shape index (κ3) is 7.27. The van der Waals surface area contributed by atoms with Crippen molar-refractivity contribution in [2.75, 3.05) is 53.6 Å². The van der Waals surface area contributed by atoms with Crippen LogP contribution in [0.4, 0.5) is 4.39 Å². The Balaban J connectivity index is 1.57. The van der Waals surface area contributed by atoms with Gasteiger partial charge in [-0.1, -0.05) is 0 Å². The molecule has 1 aromatic carbocycles. The first-order valence-electron chi connectivity index (χ1n) is 8.68. The fraction of sp³-hybridized carbons (Fsp3) is 0.611. The van der Waals surface area contributed by atoms with Crippen LogP contribution in [0.2, 0.25) is 0 Å². The Kier molecular flexibility index (Phi) is 8.48. The molecule has 0 radical (unpaired) electrons. The van der Waals surface area contributed by atoms with Crippen LogP contribution >= 0.6 is 0 Å². The molecular formula is C18H28FN3O3. The maximum atomic E-state index is 12.8. The molecule has 1 heterocycles. The molecule has 0 spiro atoms. The van der Waals surface area contributed by atoms with Crippen LogP contribution in [0.5, 0.6) is 5.75 Å². The van der Waals surface area contributed by atoms with Gasteiger partial charge in [0.25, 0.3) is 0 Å². The fourth-order valence-corrected chi connectivity index (χ4v) is 2.55. The molecule has 0 amide bonds. The van der Waals surface area contributed by atoms with Crippen LogP contribution in [0, 0.1) is 5.82 Å². The van der Waals surface area contributed by atoms with Crippen molar-refractivity contribution in [1.82, 2.24) is 10.2 Å². The lowest BCUT2D eigenvalue weighted by atomic mass is 10.2. The molecule has 6 nitrogen and oxygen atoms in total. The smallest absolute Gasteiger partial charge is 0.193 e. The van der Waals surface area contributed by atoms with Crippen LogP contribution in [-0.4, -0.2) is 70.6 Å².